The molecule has 1 N–H and O–H groups in total. The summed E-state index contributed by atoms with van der Waals surface area (Å²) in [5.74, 6) is 0.791. The van der Waals surface area contributed by atoms with Crippen LogP contribution in [-0.2, 0) is 0 Å². The summed E-state index contributed by atoms with van der Waals surface area (Å²) in [4.78, 5) is 4.10. The zero-order chi connectivity index (χ0) is 17.6. The SMILES string of the molecule is CC1=C(CC/C(C)=C/C=C/C(C)=C/c2ncn[nH]2)C(C)(C)CCC1. The first-order chi connectivity index (χ1) is 11.4. The van der Waals surface area contributed by atoms with Gasteiger partial charge in [-0.25, -0.2) is 4.98 Å². The van der Waals surface area contributed by atoms with Crippen LogP contribution in [0, 0.1) is 5.41 Å². The van der Waals surface area contributed by atoms with Gasteiger partial charge in [0.15, 0.2) is 0 Å². The van der Waals surface area contributed by atoms with Crippen LogP contribution in [0.3, 0.4) is 0 Å². The van der Waals surface area contributed by atoms with E-state index >= 15 is 0 Å². The normalized spacial score (nSPS) is 19.4. The Kier molecular flexibility index (Phi) is 6.36. The Labute approximate surface area is 146 Å². The Morgan fingerprint density at radius 3 is 2.79 bits per heavy atom. The minimum absolute atomic E-state index is 0.384. The summed E-state index contributed by atoms with van der Waals surface area (Å²) in [6, 6.07) is 0. The molecule has 0 aliphatic heterocycles. The van der Waals surface area contributed by atoms with E-state index in [1.807, 2.05) is 6.08 Å². The average Bonchev–Trinajstić information content (AvgIpc) is 2.98. The van der Waals surface area contributed by atoms with E-state index in [0.29, 0.717) is 5.41 Å². The van der Waals surface area contributed by atoms with E-state index in [1.54, 1.807) is 11.1 Å². The first kappa shape index (κ1) is 18.4. The first-order valence-corrected chi connectivity index (χ1v) is 8.95. The number of nitrogens with zero attached hydrogens (tertiary/aromatic N) is 2. The lowest BCUT2D eigenvalue weighted by Crippen LogP contribution is -2.20. The summed E-state index contributed by atoms with van der Waals surface area (Å²) < 4.78 is 0. The van der Waals surface area contributed by atoms with Gasteiger partial charge in [0.25, 0.3) is 0 Å². The van der Waals surface area contributed by atoms with Gasteiger partial charge in [0.2, 0.25) is 0 Å². The Morgan fingerprint density at radius 1 is 1.33 bits per heavy atom. The summed E-state index contributed by atoms with van der Waals surface area (Å²) in [7, 11) is 0. The lowest BCUT2D eigenvalue weighted by Gasteiger charge is -2.34. The number of aromatic nitrogens is 3. The van der Waals surface area contributed by atoms with Crippen molar-refractivity contribution in [2.75, 3.05) is 0 Å². The Morgan fingerprint density at radius 2 is 2.12 bits per heavy atom. The van der Waals surface area contributed by atoms with Crippen molar-refractivity contribution in [2.24, 2.45) is 5.41 Å². The second kappa shape index (κ2) is 8.27. The van der Waals surface area contributed by atoms with Gasteiger partial charge in [0, 0.05) is 0 Å². The maximum atomic E-state index is 4.10. The van der Waals surface area contributed by atoms with Crippen LogP contribution in [0.1, 0.15) is 72.5 Å². The van der Waals surface area contributed by atoms with Gasteiger partial charge < -0.3 is 0 Å². The highest BCUT2D eigenvalue weighted by Gasteiger charge is 2.27. The van der Waals surface area contributed by atoms with Gasteiger partial charge in [-0.15, -0.1) is 0 Å². The monoisotopic (exact) mass is 325 g/mol. The molecule has 0 atom stereocenters. The Balaban J connectivity index is 1.91. The minimum atomic E-state index is 0.384. The van der Waals surface area contributed by atoms with Crippen LogP contribution in [-0.4, -0.2) is 15.2 Å². The summed E-state index contributed by atoms with van der Waals surface area (Å²) in [5, 5.41) is 6.69. The van der Waals surface area contributed by atoms with Crippen molar-refractivity contribution in [1.82, 2.24) is 15.2 Å². The van der Waals surface area contributed by atoms with Crippen molar-refractivity contribution in [2.45, 2.75) is 66.7 Å². The third kappa shape index (κ3) is 5.33. The molecule has 0 saturated carbocycles. The van der Waals surface area contributed by atoms with Crippen molar-refractivity contribution in [1.29, 1.82) is 0 Å². The highest BCUT2D eigenvalue weighted by atomic mass is 15.2. The number of aromatic amines is 1. The Bertz CT molecular complexity index is 655. The fourth-order valence-corrected chi connectivity index (χ4v) is 3.54. The number of nitrogens with one attached hydrogen (secondary N) is 1. The summed E-state index contributed by atoms with van der Waals surface area (Å²) in [5.41, 5.74) is 6.28. The highest BCUT2D eigenvalue weighted by Crippen LogP contribution is 2.42. The van der Waals surface area contributed by atoms with Crippen LogP contribution in [0.4, 0.5) is 0 Å². The third-order valence-corrected chi connectivity index (χ3v) is 4.99. The van der Waals surface area contributed by atoms with Gasteiger partial charge in [-0.3, -0.25) is 5.10 Å². The molecular weight excluding hydrogens is 294 g/mol. The van der Waals surface area contributed by atoms with Crippen LogP contribution in [0.25, 0.3) is 6.08 Å². The molecule has 0 spiro atoms. The zero-order valence-corrected chi connectivity index (χ0v) is 15.8. The molecule has 1 heterocycles. The van der Waals surface area contributed by atoms with Gasteiger partial charge >= 0.3 is 0 Å². The fraction of sp³-hybridized carbons (Fsp3) is 0.524. The average molecular weight is 326 g/mol. The molecule has 3 heteroatoms. The topological polar surface area (TPSA) is 41.6 Å². The zero-order valence-electron chi connectivity index (χ0n) is 15.8. The molecule has 24 heavy (non-hydrogen) atoms. The highest BCUT2D eigenvalue weighted by molar-refractivity contribution is 5.48. The van der Waals surface area contributed by atoms with Crippen LogP contribution >= 0.6 is 0 Å². The molecule has 130 valence electrons. The number of hydrogen-bond donors (Lipinski definition) is 1. The van der Waals surface area contributed by atoms with E-state index in [4.69, 9.17) is 0 Å². The van der Waals surface area contributed by atoms with Crippen molar-refractivity contribution in [3.8, 4) is 0 Å². The second-order valence-electron chi connectivity index (χ2n) is 7.63. The number of allylic oxidation sites excluding steroid dienone is 7. The maximum Gasteiger partial charge on any atom is 0.148 e. The van der Waals surface area contributed by atoms with Crippen LogP contribution < -0.4 is 0 Å². The van der Waals surface area contributed by atoms with E-state index in [-0.39, 0.29) is 0 Å². The number of H-pyrrole nitrogens is 1. The van der Waals surface area contributed by atoms with Gasteiger partial charge in [-0.2, -0.15) is 5.10 Å². The van der Waals surface area contributed by atoms with Crippen LogP contribution in [0.5, 0.6) is 0 Å². The van der Waals surface area contributed by atoms with E-state index in [1.165, 1.54) is 37.6 Å². The largest absolute Gasteiger partial charge is 0.260 e. The molecule has 0 aromatic carbocycles. The second-order valence-corrected chi connectivity index (χ2v) is 7.63. The van der Waals surface area contributed by atoms with Crippen molar-refractivity contribution in [3.05, 3.63) is 52.7 Å². The summed E-state index contributed by atoms with van der Waals surface area (Å²) in [6.45, 7) is 11.4. The lowest BCUT2D eigenvalue weighted by molar-refractivity contribution is 0.354. The molecule has 2 rings (SSSR count). The molecule has 3 nitrogen and oxygen atoms in total. The summed E-state index contributed by atoms with van der Waals surface area (Å²) >= 11 is 0. The fourth-order valence-electron chi connectivity index (χ4n) is 3.54. The molecular formula is C21H31N3. The molecule has 0 bridgehead atoms. The van der Waals surface area contributed by atoms with Gasteiger partial charge in [0.1, 0.15) is 12.2 Å². The van der Waals surface area contributed by atoms with E-state index in [0.717, 1.165) is 17.8 Å². The maximum absolute atomic E-state index is 4.10. The van der Waals surface area contributed by atoms with E-state index in [2.05, 4.69) is 68.0 Å². The quantitative estimate of drug-likeness (QED) is 0.513. The molecule has 0 saturated heterocycles. The Hall–Kier alpha value is -1.90. The molecule has 1 aliphatic rings. The molecule has 0 amide bonds. The number of hydrogen-bond acceptors (Lipinski definition) is 2. The molecule has 0 fully saturated rings. The first-order valence-electron chi connectivity index (χ1n) is 8.95. The molecule has 0 radical (unpaired) electrons. The minimum Gasteiger partial charge on any atom is -0.260 e. The van der Waals surface area contributed by atoms with Crippen molar-refractivity contribution < 1.29 is 0 Å². The predicted octanol–water partition coefficient (Wildman–Crippen LogP) is 6.02. The van der Waals surface area contributed by atoms with E-state index < -0.39 is 0 Å². The molecule has 1 aromatic rings. The lowest BCUT2D eigenvalue weighted by atomic mass is 9.71. The molecule has 1 aromatic heterocycles. The van der Waals surface area contributed by atoms with Gasteiger partial charge in [-0.05, 0) is 69.9 Å². The van der Waals surface area contributed by atoms with Gasteiger partial charge in [-0.1, -0.05) is 48.8 Å². The van der Waals surface area contributed by atoms with Gasteiger partial charge in [0.05, 0.1) is 0 Å². The summed E-state index contributed by atoms with van der Waals surface area (Å²) in [6.07, 6.45) is 16.3. The smallest absolute Gasteiger partial charge is 0.148 e. The molecule has 0 unspecified atom stereocenters. The molecule has 1 aliphatic carbocycles. The van der Waals surface area contributed by atoms with Crippen molar-refractivity contribution >= 4 is 6.08 Å². The standard InChI is InChI=1S/C21H31N3/c1-16(8-6-9-17(2)14-20-22-15-23-24-20)11-12-19-18(3)10-7-13-21(19,4)5/h6,8-9,14-15H,7,10-13H2,1-5H3,(H,22,23,24)/b9-6+,16-8+,17-14+. The predicted molar refractivity (Wildman–Crippen MR) is 102 cm³/mol. The van der Waals surface area contributed by atoms with Crippen LogP contribution in [0.15, 0.2) is 46.8 Å². The van der Waals surface area contributed by atoms with Crippen LogP contribution in [0.2, 0.25) is 0 Å². The third-order valence-electron chi connectivity index (χ3n) is 4.99. The van der Waals surface area contributed by atoms with Crippen molar-refractivity contribution in [3.63, 3.8) is 0 Å². The van der Waals surface area contributed by atoms with E-state index in [9.17, 15) is 0 Å². The number of rotatable bonds is 6.